The van der Waals surface area contributed by atoms with E-state index in [1.807, 2.05) is 19.1 Å². The molecule has 2 nitrogen and oxygen atoms in total. The van der Waals surface area contributed by atoms with Gasteiger partial charge in [0.25, 0.3) is 0 Å². The highest BCUT2D eigenvalue weighted by atomic mass is 16.1. The highest BCUT2D eigenvalue weighted by Crippen LogP contribution is 2.29. The SMILES string of the molecule is CCc1cccc2c1C(=O)c1ccccc1C2=O.c1ccc2cc3ccccc3cc2c1. The second-order valence-corrected chi connectivity index (χ2v) is 7.94. The van der Waals surface area contributed by atoms with Crippen LogP contribution in [0.5, 0.6) is 0 Å². The standard InChI is InChI=1S/C16H12O2.C14H10/c1-2-10-6-5-9-13-14(10)16(18)12-8-4-3-7-11(12)15(13)17;1-2-6-12-10-14-8-4-3-7-13(14)9-11(12)5-1/h3-9H,2H2,1H3;1-10H. The van der Waals surface area contributed by atoms with Crippen LogP contribution in [0.2, 0.25) is 0 Å². The molecule has 0 radical (unpaired) electrons. The zero-order chi connectivity index (χ0) is 22.1. The van der Waals surface area contributed by atoms with Gasteiger partial charge in [0.15, 0.2) is 11.6 Å². The van der Waals surface area contributed by atoms with Crippen LogP contribution in [0.3, 0.4) is 0 Å². The molecule has 0 spiro atoms. The van der Waals surface area contributed by atoms with Crippen LogP contribution >= 0.6 is 0 Å². The molecule has 0 bridgehead atoms. The van der Waals surface area contributed by atoms with E-state index in [0.717, 1.165) is 12.0 Å². The monoisotopic (exact) mass is 414 g/mol. The molecule has 0 aliphatic heterocycles. The lowest BCUT2D eigenvalue weighted by Gasteiger charge is -2.19. The predicted octanol–water partition coefficient (Wildman–Crippen LogP) is 7.02. The smallest absolute Gasteiger partial charge is 0.194 e. The second-order valence-electron chi connectivity index (χ2n) is 7.94. The van der Waals surface area contributed by atoms with E-state index in [4.69, 9.17) is 0 Å². The van der Waals surface area contributed by atoms with Gasteiger partial charge in [-0.3, -0.25) is 9.59 Å². The molecule has 0 heterocycles. The molecule has 0 fully saturated rings. The molecule has 1 aliphatic rings. The van der Waals surface area contributed by atoms with Crippen molar-refractivity contribution in [2.24, 2.45) is 0 Å². The Hall–Kier alpha value is -4.04. The predicted molar refractivity (Wildman–Crippen MR) is 131 cm³/mol. The van der Waals surface area contributed by atoms with Crippen LogP contribution in [0.15, 0.2) is 103 Å². The Labute approximate surface area is 187 Å². The molecular weight excluding hydrogens is 392 g/mol. The number of carbonyl (C=O) groups excluding carboxylic acids is 2. The summed E-state index contributed by atoms with van der Waals surface area (Å²) in [5.41, 5.74) is 3.11. The van der Waals surface area contributed by atoms with Gasteiger partial charge in [0.1, 0.15) is 0 Å². The minimum atomic E-state index is -0.0458. The number of hydrogen-bond acceptors (Lipinski definition) is 2. The fourth-order valence-electron chi connectivity index (χ4n) is 4.39. The third kappa shape index (κ3) is 3.40. The minimum Gasteiger partial charge on any atom is -0.289 e. The van der Waals surface area contributed by atoms with Crippen LogP contribution in [0.25, 0.3) is 21.5 Å². The van der Waals surface area contributed by atoms with Crippen LogP contribution in [0.4, 0.5) is 0 Å². The third-order valence-electron chi connectivity index (χ3n) is 6.03. The van der Waals surface area contributed by atoms with Gasteiger partial charge in [-0.05, 0) is 45.7 Å². The van der Waals surface area contributed by atoms with Gasteiger partial charge >= 0.3 is 0 Å². The van der Waals surface area contributed by atoms with Gasteiger partial charge in [-0.15, -0.1) is 0 Å². The Kier molecular flexibility index (Phi) is 5.12. The van der Waals surface area contributed by atoms with Gasteiger partial charge in [-0.1, -0.05) is 97.9 Å². The lowest BCUT2D eigenvalue weighted by molar-refractivity contribution is 0.0978. The van der Waals surface area contributed by atoms with Crippen LogP contribution in [0, 0.1) is 0 Å². The zero-order valence-corrected chi connectivity index (χ0v) is 17.8. The molecule has 0 N–H and O–H groups in total. The number of rotatable bonds is 1. The van der Waals surface area contributed by atoms with Crippen molar-refractivity contribution in [3.63, 3.8) is 0 Å². The first-order chi connectivity index (χ1) is 15.7. The molecule has 0 saturated carbocycles. The molecule has 5 aromatic carbocycles. The Morgan fingerprint density at radius 3 is 1.44 bits per heavy atom. The number of fused-ring (bicyclic) bond motifs is 4. The summed E-state index contributed by atoms with van der Waals surface area (Å²) in [6.07, 6.45) is 0.754. The van der Waals surface area contributed by atoms with E-state index in [0.29, 0.717) is 22.3 Å². The minimum absolute atomic E-state index is 0.0300. The van der Waals surface area contributed by atoms with Crippen molar-refractivity contribution in [3.8, 4) is 0 Å². The summed E-state index contributed by atoms with van der Waals surface area (Å²) in [4.78, 5) is 24.9. The van der Waals surface area contributed by atoms with Crippen molar-refractivity contribution in [3.05, 3.63) is 131 Å². The number of ketones is 2. The second kappa shape index (κ2) is 8.24. The molecule has 5 aromatic rings. The van der Waals surface area contributed by atoms with E-state index in [-0.39, 0.29) is 11.6 Å². The number of hydrogen-bond donors (Lipinski definition) is 0. The van der Waals surface area contributed by atoms with Crippen molar-refractivity contribution in [1.82, 2.24) is 0 Å². The Morgan fingerprint density at radius 1 is 0.500 bits per heavy atom. The summed E-state index contributed by atoms with van der Waals surface area (Å²) in [5.74, 6) is -0.0758. The first kappa shape index (κ1) is 19.9. The first-order valence-electron chi connectivity index (χ1n) is 10.8. The van der Waals surface area contributed by atoms with Crippen molar-refractivity contribution >= 4 is 33.1 Å². The van der Waals surface area contributed by atoms with Gasteiger partial charge in [-0.25, -0.2) is 0 Å². The van der Waals surface area contributed by atoms with Crippen LogP contribution in [-0.2, 0) is 6.42 Å². The summed E-state index contributed by atoms with van der Waals surface area (Å²) in [6, 6.07) is 34.0. The third-order valence-corrected chi connectivity index (χ3v) is 6.03. The largest absolute Gasteiger partial charge is 0.289 e. The zero-order valence-electron chi connectivity index (χ0n) is 17.8. The molecule has 154 valence electrons. The average molecular weight is 415 g/mol. The van der Waals surface area contributed by atoms with E-state index in [9.17, 15) is 9.59 Å². The van der Waals surface area contributed by atoms with Gasteiger partial charge in [-0.2, -0.15) is 0 Å². The lowest BCUT2D eigenvalue weighted by Crippen LogP contribution is -2.22. The Balaban J connectivity index is 0.000000139. The summed E-state index contributed by atoms with van der Waals surface area (Å²) in [5, 5.41) is 5.25. The van der Waals surface area contributed by atoms with Crippen LogP contribution in [-0.4, -0.2) is 11.6 Å². The maximum atomic E-state index is 12.5. The van der Waals surface area contributed by atoms with Crippen molar-refractivity contribution in [1.29, 1.82) is 0 Å². The average Bonchev–Trinajstić information content (AvgIpc) is 2.86. The molecule has 0 aromatic heterocycles. The number of aryl methyl sites for hydroxylation is 1. The summed E-state index contributed by atoms with van der Waals surface area (Å²) >= 11 is 0. The molecule has 0 atom stereocenters. The highest BCUT2D eigenvalue weighted by molar-refractivity contribution is 6.28. The van der Waals surface area contributed by atoms with Gasteiger partial charge in [0.2, 0.25) is 0 Å². The summed E-state index contributed by atoms with van der Waals surface area (Å²) < 4.78 is 0. The van der Waals surface area contributed by atoms with Crippen molar-refractivity contribution < 1.29 is 9.59 Å². The maximum Gasteiger partial charge on any atom is 0.194 e. The molecule has 1 aliphatic carbocycles. The Bertz CT molecular complexity index is 1390. The number of benzene rings is 5. The van der Waals surface area contributed by atoms with Crippen LogP contribution < -0.4 is 0 Å². The molecule has 0 saturated heterocycles. The van der Waals surface area contributed by atoms with E-state index in [1.54, 1.807) is 30.3 Å². The van der Waals surface area contributed by atoms with Gasteiger partial charge in [0, 0.05) is 22.3 Å². The topological polar surface area (TPSA) is 34.1 Å². The molecule has 32 heavy (non-hydrogen) atoms. The quantitative estimate of drug-likeness (QED) is 0.271. The summed E-state index contributed by atoms with van der Waals surface area (Å²) in [6.45, 7) is 1.99. The molecular formula is C30H22O2. The maximum absolute atomic E-state index is 12.5. The highest BCUT2D eigenvalue weighted by Gasteiger charge is 2.30. The Morgan fingerprint density at radius 2 is 0.938 bits per heavy atom. The van der Waals surface area contributed by atoms with Gasteiger partial charge in [0.05, 0.1) is 0 Å². The lowest BCUT2D eigenvalue weighted by atomic mass is 9.81. The summed E-state index contributed by atoms with van der Waals surface area (Å²) in [7, 11) is 0. The molecule has 0 unspecified atom stereocenters. The fourth-order valence-corrected chi connectivity index (χ4v) is 4.39. The fraction of sp³-hybridized carbons (Fsp3) is 0.0667. The van der Waals surface area contributed by atoms with Crippen molar-refractivity contribution in [2.75, 3.05) is 0 Å². The van der Waals surface area contributed by atoms with Crippen molar-refractivity contribution in [2.45, 2.75) is 13.3 Å². The van der Waals surface area contributed by atoms with E-state index in [1.165, 1.54) is 21.5 Å². The van der Waals surface area contributed by atoms with E-state index >= 15 is 0 Å². The molecule has 6 rings (SSSR count). The normalized spacial score (nSPS) is 12.2. The van der Waals surface area contributed by atoms with Gasteiger partial charge < -0.3 is 0 Å². The molecule has 0 amide bonds. The van der Waals surface area contributed by atoms with E-state index in [2.05, 4.69) is 60.7 Å². The molecule has 2 heteroatoms. The first-order valence-corrected chi connectivity index (χ1v) is 10.8. The van der Waals surface area contributed by atoms with Crippen LogP contribution in [0.1, 0.15) is 44.3 Å². The number of carbonyl (C=O) groups is 2. The van der Waals surface area contributed by atoms with E-state index < -0.39 is 0 Å².